The molecule has 1 aliphatic carbocycles. The van der Waals surface area contributed by atoms with Crippen molar-refractivity contribution in [1.29, 1.82) is 0 Å². The van der Waals surface area contributed by atoms with Crippen LogP contribution in [0.1, 0.15) is 70.6 Å². The van der Waals surface area contributed by atoms with Crippen LogP contribution in [-0.4, -0.2) is 36.5 Å². The Morgan fingerprint density at radius 2 is 1.75 bits per heavy atom. The molecule has 0 aromatic carbocycles. The molecule has 3 nitrogen and oxygen atoms in total. The maximum atomic E-state index is 12.4. The van der Waals surface area contributed by atoms with Gasteiger partial charge in [-0.3, -0.25) is 4.79 Å². The SMILES string of the molecule is O=C(CC1CCCCN1)N1CCC2(CCCCC2)CC1. The summed E-state index contributed by atoms with van der Waals surface area (Å²) in [6, 6.07) is 0.446. The number of carbonyl (C=O) groups excluding carboxylic acids is 1. The van der Waals surface area contributed by atoms with Gasteiger partial charge in [-0.05, 0) is 50.5 Å². The molecule has 2 saturated heterocycles. The molecular weight excluding hydrogens is 248 g/mol. The van der Waals surface area contributed by atoms with E-state index >= 15 is 0 Å². The van der Waals surface area contributed by atoms with E-state index in [-0.39, 0.29) is 0 Å². The minimum absolute atomic E-state index is 0.398. The average Bonchev–Trinajstić information content (AvgIpc) is 2.50. The molecule has 2 aliphatic heterocycles. The van der Waals surface area contributed by atoms with Crippen molar-refractivity contribution in [2.45, 2.75) is 76.7 Å². The second kappa shape index (κ2) is 6.46. The van der Waals surface area contributed by atoms with Crippen LogP contribution >= 0.6 is 0 Å². The molecule has 3 heteroatoms. The molecule has 0 aromatic heterocycles. The van der Waals surface area contributed by atoms with Gasteiger partial charge in [0.1, 0.15) is 0 Å². The molecule has 3 fully saturated rings. The summed E-state index contributed by atoms with van der Waals surface area (Å²) in [4.78, 5) is 14.6. The highest BCUT2D eigenvalue weighted by Gasteiger charge is 2.36. The largest absolute Gasteiger partial charge is 0.343 e. The summed E-state index contributed by atoms with van der Waals surface area (Å²) in [5.74, 6) is 0.398. The number of carbonyl (C=O) groups is 1. The van der Waals surface area contributed by atoms with Crippen LogP contribution in [0.15, 0.2) is 0 Å². The van der Waals surface area contributed by atoms with Gasteiger partial charge in [0.25, 0.3) is 0 Å². The molecule has 1 amide bonds. The minimum Gasteiger partial charge on any atom is -0.343 e. The molecule has 1 unspecified atom stereocenters. The summed E-state index contributed by atoms with van der Waals surface area (Å²) >= 11 is 0. The third kappa shape index (κ3) is 3.36. The van der Waals surface area contributed by atoms with Crippen LogP contribution in [-0.2, 0) is 4.79 Å². The van der Waals surface area contributed by atoms with Crippen molar-refractivity contribution in [3.63, 3.8) is 0 Å². The van der Waals surface area contributed by atoms with Gasteiger partial charge in [-0.1, -0.05) is 25.7 Å². The van der Waals surface area contributed by atoms with Crippen molar-refractivity contribution in [3.05, 3.63) is 0 Å². The molecule has 0 bridgehead atoms. The Hall–Kier alpha value is -0.570. The van der Waals surface area contributed by atoms with Gasteiger partial charge in [0, 0.05) is 25.6 Å². The Morgan fingerprint density at radius 3 is 2.40 bits per heavy atom. The second-order valence-corrected chi connectivity index (χ2v) is 7.29. The maximum Gasteiger partial charge on any atom is 0.224 e. The molecule has 0 aromatic rings. The Kier molecular flexibility index (Phi) is 4.65. The second-order valence-electron chi connectivity index (χ2n) is 7.29. The number of piperidine rings is 2. The first-order valence-electron chi connectivity index (χ1n) is 8.79. The van der Waals surface area contributed by atoms with Crippen molar-refractivity contribution < 1.29 is 4.79 Å². The summed E-state index contributed by atoms with van der Waals surface area (Å²) in [5.41, 5.74) is 0.609. The molecule has 20 heavy (non-hydrogen) atoms. The zero-order chi connectivity index (χ0) is 13.8. The molecule has 1 atom stereocenters. The zero-order valence-electron chi connectivity index (χ0n) is 12.8. The van der Waals surface area contributed by atoms with Crippen molar-refractivity contribution >= 4 is 5.91 Å². The van der Waals surface area contributed by atoms with Crippen LogP contribution in [0.4, 0.5) is 0 Å². The smallest absolute Gasteiger partial charge is 0.224 e. The lowest BCUT2D eigenvalue weighted by molar-refractivity contribution is -0.134. The van der Waals surface area contributed by atoms with Crippen LogP contribution < -0.4 is 5.32 Å². The first kappa shape index (κ1) is 14.4. The molecule has 1 spiro atoms. The number of hydrogen-bond donors (Lipinski definition) is 1. The monoisotopic (exact) mass is 278 g/mol. The van der Waals surface area contributed by atoms with Crippen LogP contribution in [0.2, 0.25) is 0 Å². The van der Waals surface area contributed by atoms with Gasteiger partial charge in [0.2, 0.25) is 5.91 Å². The summed E-state index contributed by atoms with van der Waals surface area (Å²) in [6.45, 7) is 3.14. The normalized spacial score (nSPS) is 30.4. The first-order chi connectivity index (χ1) is 9.77. The van der Waals surface area contributed by atoms with Gasteiger partial charge in [-0.15, -0.1) is 0 Å². The van der Waals surface area contributed by atoms with E-state index in [1.165, 1.54) is 64.2 Å². The van der Waals surface area contributed by atoms with Crippen LogP contribution in [0.3, 0.4) is 0 Å². The first-order valence-corrected chi connectivity index (χ1v) is 8.79. The lowest BCUT2D eigenvalue weighted by Crippen LogP contribution is -2.46. The Bertz CT molecular complexity index is 320. The molecule has 1 N–H and O–H groups in total. The van der Waals surface area contributed by atoms with Gasteiger partial charge in [0.15, 0.2) is 0 Å². The Morgan fingerprint density at radius 1 is 1.00 bits per heavy atom. The molecule has 3 rings (SSSR count). The minimum atomic E-state index is 0.398. The standard InChI is InChI=1S/C17H30N2O/c20-16(14-15-6-2-5-11-18-15)19-12-9-17(10-13-19)7-3-1-4-8-17/h15,18H,1-14H2. The fraction of sp³-hybridized carbons (Fsp3) is 0.941. The highest BCUT2D eigenvalue weighted by molar-refractivity contribution is 5.77. The molecule has 114 valence electrons. The predicted octanol–water partition coefficient (Wildman–Crippen LogP) is 3.09. The van der Waals surface area contributed by atoms with E-state index in [0.29, 0.717) is 17.4 Å². The number of nitrogens with zero attached hydrogens (tertiary/aromatic N) is 1. The molecule has 2 heterocycles. The Labute approximate surface area is 123 Å². The van der Waals surface area contributed by atoms with Crippen molar-refractivity contribution in [1.82, 2.24) is 10.2 Å². The third-order valence-corrected chi connectivity index (χ3v) is 5.92. The predicted molar refractivity (Wildman–Crippen MR) is 81.6 cm³/mol. The van der Waals surface area contributed by atoms with Gasteiger partial charge in [-0.2, -0.15) is 0 Å². The topological polar surface area (TPSA) is 32.3 Å². The fourth-order valence-corrected chi connectivity index (χ4v) is 4.47. The van der Waals surface area contributed by atoms with Crippen LogP contribution in [0.25, 0.3) is 0 Å². The third-order valence-electron chi connectivity index (χ3n) is 5.92. The number of rotatable bonds is 2. The number of nitrogens with one attached hydrogen (secondary N) is 1. The lowest BCUT2D eigenvalue weighted by Gasteiger charge is -2.44. The number of amides is 1. The number of likely N-dealkylation sites (tertiary alicyclic amines) is 1. The van der Waals surface area contributed by atoms with Crippen LogP contribution in [0, 0.1) is 5.41 Å². The van der Waals surface area contributed by atoms with E-state index < -0.39 is 0 Å². The van der Waals surface area contributed by atoms with Crippen molar-refractivity contribution in [2.24, 2.45) is 5.41 Å². The summed E-state index contributed by atoms with van der Waals surface area (Å²) in [5, 5.41) is 3.50. The zero-order valence-corrected chi connectivity index (χ0v) is 12.8. The van der Waals surface area contributed by atoms with Crippen molar-refractivity contribution in [2.75, 3.05) is 19.6 Å². The maximum absolute atomic E-state index is 12.4. The van der Waals surface area contributed by atoms with E-state index in [1.807, 2.05) is 0 Å². The lowest BCUT2D eigenvalue weighted by atomic mass is 9.68. The van der Waals surface area contributed by atoms with E-state index in [4.69, 9.17) is 0 Å². The van der Waals surface area contributed by atoms with E-state index in [0.717, 1.165) is 26.1 Å². The van der Waals surface area contributed by atoms with Gasteiger partial charge in [-0.25, -0.2) is 0 Å². The molecule has 3 aliphatic rings. The van der Waals surface area contributed by atoms with E-state index in [9.17, 15) is 4.79 Å². The highest BCUT2D eigenvalue weighted by atomic mass is 16.2. The van der Waals surface area contributed by atoms with Gasteiger partial charge in [0.05, 0.1) is 0 Å². The molecule has 1 saturated carbocycles. The summed E-state index contributed by atoms with van der Waals surface area (Å²) in [7, 11) is 0. The van der Waals surface area contributed by atoms with E-state index in [2.05, 4.69) is 10.2 Å². The molecule has 0 radical (unpaired) electrons. The summed E-state index contributed by atoms with van der Waals surface area (Å²) in [6.07, 6.45) is 14.1. The van der Waals surface area contributed by atoms with E-state index in [1.54, 1.807) is 0 Å². The van der Waals surface area contributed by atoms with Gasteiger partial charge >= 0.3 is 0 Å². The number of hydrogen-bond acceptors (Lipinski definition) is 2. The molecular formula is C17H30N2O. The summed E-state index contributed by atoms with van der Waals surface area (Å²) < 4.78 is 0. The quantitative estimate of drug-likeness (QED) is 0.842. The Balaban J connectivity index is 1.46. The van der Waals surface area contributed by atoms with Crippen LogP contribution in [0.5, 0.6) is 0 Å². The van der Waals surface area contributed by atoms with Crippen molar-refractivity contribution in [3.8, 4) is 0 Å². The fourth-order valence-electron chi connectivity index (χ4n) is 4.47. The van der Waals surface area contributed by atoms with Gasteiger partial charge < -0.3 is 10.2 Å². The average molecular weight is 278 g/mol. The highest BCUT2D eigenvalue weighted by Crippen LogP contribution is 2.44.